The van der Waals surface area contributed by atoms with Crippen molar-refractivity contribution in [2.24, 2.45) is 0 Å². The molecular formula is C19H18N4O2S. The second kappa shape index (κ2) is 6.76. The van der Waals surface area contributed by atoms with E-state index in [1.807, 2.05) is 55.5 Å². The number of hydrogen-bond acceptors (Lipinski definition) is 4. The lowest BCUT2D eigenvalue weighted by molar-refractivity contribution is -0.117. The number of rotatable bonds is 3. The quantitative estimate of drug-likeness (QED) is 0.745. The highest BCUT2D eigenvalue weighted by atomic mass is 32.1. The lowest BCUT2D eigenvalue weighted by Gasteiger charge is -2.17. The molecule has 0 radical (unpaired) electrons. The van der Waals surface area contributed by atoms with Crippen molar-refractivity contribution in [1.29, 1.82) is 0 Å². The van der Waals surface area contributed by atoms with E-state index in [1.54, 1.807) is 4.90 Å². The Morgan fingerprint density at radius 3 is 2.85 bits per heavy atom. The van der Waals surface area contributed by atoms with E-state index in [0.717, 1.165) is 21.5 Å². The summed E-state index contributed by atoms with van der Waals surface area (Å²) in [5, 5.41) is 6.19. The number of amides is 3. The van der Waals surface area contributed by atoms with Gasteiger partial charge >= 0.3 is 6.03 Å². The van der Waals surface area contributed by atoms with Crippen LogP contribution in [0, 0.1) is 6.92 Å². The van der Waals surface area contributed by atoms with Gasteiger partial charge in [0.15, 0.2) is 5.13 Å². The highest BCUT2D eigenvalue weighted by molar-refractivity contribution is 7.22. The van der Waals surface area contributed by atoms with Crippen LogP contribution in [0.15, 0.2) is 48.5 Å². The molecule has 0 unspecified atom stereocenters. The van der Waals surface area contributed by atoms with Crippen LogP contribution in [-0.4, -0.2) is 29.5 Å². The number of thiazole rings is 1. The molecule has 4 rings (SSSR count). The molecule has 3 amide bonds. The minimum atomic E-state index is -0.339. The van der Waals surface area contributed by atoms with Crippen molar-refractivity contribution in [3.05, 3.63) is 54.1 Å². The number of aryl methyl sites for hydroxylation is 1. The Morgan fingerprint density at radius 2 is 2.04 bits per heavy atom. The van der Waals surface area contributed by atoms with E-state index in [9.17, 15) is 9.59 Å². The van der Waals surface area contributed by atoms with E-state index in [4.69, 9.17) is 0 Å². The SMILES string of the molecule is Cc1ccc2nc(NC(=O)N[C@@H]3CC(=O)N(c4ccccc4)C3)sc2c1. The van der Waals surface area contributed by atoms with Gasteiger partial charge in [0.2, 0.25) is 5.91 Å². The van der Waals surface area contributed by atoms with Gasteiger partial charge < -0.3 is 10.2 Å². The van der Waals surface area contributed by atoms with Crippen LogP contribution in [0.1, 0.15) is 12.0 Å². The third-order valence-electron chi connectivity index (χ3n) is 4.29. The molecule has 1 atom stereocenters. The van der Waals surface area contributed by atoms with Gasteiger partial charge in [0.05, 0.1) is 16.3 Å². The smallest absolute Gasteiger partial charge is 0.321 e. The van der Waals surface area contributed by atoms with Crippen LogP contribution >= 0.6 is 11.3 Å². The minimum absolute atomic E-state index is 0.0111. The van der Waals surface area contributed by atoms with Crippen molar-refractivity contribution in [3.8, 4) is 0 Å². The third kappa shape index (κ3) is 3.39. The summed E-state index contributed by atoms with van der Waals surface area (Å²) in [5.74, 6) is 0.0111. The van der Waals surface area contributed by atoms with Gasteiger partial charge in [-0.15, -0.1) is 0 Å². The first-order valence-electron chi connectivity index (χ1n) is 8.38. The number of aromatic nitrogens is 1. The zero-order valence-corrected chi connectivity index (χ0v) is 15.0. The first-order chi connectivity index (χ1) is 12.6. The Kier molecular flexibility index (Phi) is 4.30. The highest BCUT2D eigenvalue weighted by Crippen LogP contribution is 2.27. The topological polar surface area (TPSA) is 74.3 Å². The summed E-state index contributed by atoms with van der Waals surface area (Å²) in [4.78, 5) is 30.6. The van der Waals surface area contributed by atoms with E-state index < -0.39 is 0 Å². The van der Waals surface area contributed by atoms with Gasteiger partial charge in [-0.05, 0) is 36.8 Å². The summed E-state index contributed by atoms with van der Waals surface area (Å²) in [5.41, 5.74) is 2.87. The highest BCUT2D eigenvalue weighted by Gasteiger charge is 2.31. The van der Waals surface area contributed by atoms with Gasteiger partial charge in [0.1, 0.15) is 0 Å². The average molecular weight is 366 g/mol. The van der Waals surface area contributed by atoms with Gasteiger partial charge in [-0.2, -0.15) is 0 Å². The molecule has 7 heteroatoms. The minimum Gasteiger partial charge on any atom is -0.333 e. The maximum Gasteiger partial charge on any atom is 0.321 e. The number of nitrogens with one attached hydrogen (secondary N) is 2. The normalized spacial score (nSPS) is 16.9. The van der Waals surface area contributed by atoms with Gasteiger partial charge in [-0.1, -0.05) is 35.6 Å². The maximum atomic E-state index is 12.3. The molecule has 2 heterocycles. The number of nitrogens with zero attached hydrogens (tertiary/aromatic N) is 2. The molecule has 1 aromatic heterocycles. The summed E-state index contributed by atoms with van der Waals surface area (Å²) < 4.78 is 1.03. The van der Waals surface area contributed by atoms with E-state index in [1.165, 1.54) is 11.3 Å². The zero-order chi connectivity index (χ0) is 18.1. The van der Waals surface area contributed by atoms with Gasteiger partial charge in [0, 0.05) is 18.7 Å². The van der Waals surface area contributed by atoms with Crippen molar-refractivity contribution in [2.45, 2.75) is 19.4 Å². The summed E-state index contributed by atoms with van der Waals surface area (Å²) in [6.45, 7) is 2.49. The van der Waals surface area contributed by atoms with E-state index >= 15 is 0 Å². The van der Waals surface area contributed by atoms with E-state index in [-0.39, 0.29) is 18.0 Å². The van der Waals surface area contributed by atoms with Crippen LogP contribution in [0.5, 0.6) is 0 Å². The average Bonchev–Trinajstić information content (AvgIpc) is 3.17. The van der Waals surface area contributed by atoms with Crippen LogP contribution < -0.4 is 15.5 Å². The molecular weight excluding hydrogens is 348 g/mol. The lowest BCUT2D eigenvalue weighted by Crippen LogP contribution is -2.39. The van der Waals surface area contributed by atoms with Crippen LogP contribution in [0.3, 0.4) is 0 Å². The predicted molar refractivity (Wildman–Crippen MR) is 104 cm³/mol. The summed E-state index contributed by atoms with van der Waals surface area (Å²) >= 11 is 1.44. The van der Waals surface area contributed by atoms with Crippen molar-refractivity contribution in [2.75, 3.05) is 16.8 Å². The monoisotopic (exact) mass is 366 g/mol. The lowest BCUT2D eigenvalue weighted by atomic mass is 10.2. The number of carbonyl (C=O) groups excluding carboxylic acids is 2. The summed E-state index contributed by atoms with van der Waals surface area (Å²) in [6.07, 6.45) is 0.293. The molecule has 0 bridgehead atoms. The fourth-order valence-electron chi connectivity index (χ4n) is 3.07. The largest absolute Gasteiger partial charge is 0.333 e. The Balaban J connectivity index is 1.39. The Hall–Kier alpha value is -2.93. The van der Waals surface area contributed by atoms with E-state index in [0.29, 0.717) is 18.1 Å². The van der Waals surface area contributed by atoms with Gasteiger partial charge in [-0.3, -0.25) is 10.1 Å². The number of hydrogen-bond donors (Lipinski definition) is 2. The molecule has 0 spiro atoms. The van der Waals surface area contributed by atoms with Gasteiger partial charge in [-0.25, -0.2) is 9.78 Å². The molecule has 1 saturated heterocycles. The molecule has 132 valence electrons. The fraction of sp³-hybridized carbons (Fsp3) is 0.211. The Bertz CT molecular complexity index is 970. The number of carbonyl (C=O) groups is 2. The molecule has 6 nitrogen and oxygen atoms in total. The van der Waals surface area contributed by atoms with Crippen LogP contribution in [0.2, 0.25) is 0 Å². The third-order valence-corrected chi connectivity index (χ3v) is 5.23. The molecule has 3 aromatic rings. The van der Waals surface area contributed by atoms with Crippen LogP contribution in [-0.2, 0) is 4.79 Å². The first-order valence-corrected chi connectivity index (χ1v) is 9.20. The molecule has 0 saturated carbocycles. The van der Waals surface area contributed by atoms with Crippen molar-refractivity contribution in [1.82, 2.24) is 10.3 Å². The first kappa shape index (κ1) is 16.5. The number of anilines is 2. The van der Waals surface area contributed by atoms with Crippen LogP contribution in [0.4, 0.5) is 15.6 Å². The molecule has 1 aliphatic rings. The number of urea groups is 1. The molecule has 1 aliphatic heterocycles. The van der Waals surface area contributed by atoms with E-state index in [2.05, 4.69) is 15.6 Å². The molecule has 0 aliphatic carbocycles. The number of benzene rings is 2. The summed E-state index contributed by atoms with van der Waals surface area (Å²) in [7, 11) is 0. The Labute approximate surface area is 154 Å². The second-order valence-corrected chi connectivity index (χ2v) is 7.36. The molecule has 2 aromatic carbocycles. The summed E-state index contributed by atoms with van der Waals surface area (Å²) in [6, 6.07) is 14.9. The van der Waals surface area contributed by atoms with Crippen molar-refractivity contribution in [3.63, 3.8) is 0 Å². The molecule has 26 heavy (non-hydrogen) atoms. The van der Waals surface area contributed by atoms with Crippen molar-refractivity contribution < 1.29 is 9.59 Å². The maximum absolute atomic E-state index is 12.3. The Morgan fingerprint density at radius 1 is 1.23 bits per heavy atom. The second-order valence-electron chi connectivity index (χ2n) is 6.33. The van der Waals surface area contributed by atoms with Crippen LogP contribution in [0.25, 0.3) is 10.2 Å². The fourth-order valence-corrected chi connectivity index (χ4v) is 4.02. The number of para-hydroxylation sites is 1. The number of fused-ring (bicyclic) bond motifs is 1. The van der Waals surface area contributed by atoms with Gasteiger partial charge in [0.25, 0.3) is 0 Å². The zero-order valence-electron chi connectivity index (χ0n) is 14.2. The van der Waals surface area contributed by atoms with Crippen molar-refractivity contribution >= 4 is 44.3 Å². The standard InChI is InChI=1S/C19H18N4O2S/c1-12-7-8-15-16(9-12)26-19(21-15)22-18(25)20-13-10-17(24)23(11-13)14-5-3-2-4-6-14/h2-9,13H,10-11H2,1H3,(H2,20,21,22,25)/t13-/m1/s1. The molecule has 1 fully saturated rings. The predicted octanol–water partition coefficient (Wildman–Crippen LogP) is 3.53. The molecule has 2 N–H and O–H groups in total.